The van der Waals surface area contributed by atoms with Crippen molar-refractivity contribution in [2.24, 2.45) is 0 Å². The van der Waals surface area contributed by atoms with Gasteiger partial charge in [0.25, 0.3) is 0 Å². The van der Waals surface area contributed by atoms with Gasteiger partial charge in [-0.25, -0.2) is 8.42 Å². The molecule has 4 nitrogen and oxygen atoms in total. The second-order valence-corrected chi connectivity index (χ2v) is 7.19. The van der Waals surface area contributed by atoms with Gasteiger partial charge in [-0.1, -0.05) is 19.1 Å². The molecule has 5 heteroatoms. The van der Waals surface area contributed by atoms with Crippen molar-refractivity contribution in [2.45, 2.75) is 50.9 Å². The average molecular weight is 282 g/mol. The van der Waals surface area contributed by atoms with Crippen molar-refractivity contribution >= 4 is 15.7 Å². The fourth-order valence-electron chi connectivity index (χ4n) is 2.90. The Kier molecular flexibility index (Phi) is 4.16. The maximum Gasteiger partial charge on any atom is 0.218 e. The number of rotatable bonds is 4. The van der Waals surface area contributed by atoms with Crippen LogP contribution in [0, 0.1) is 0 Å². The van der Waals surface area contributed by atoms with E-state index in [1.807, 2.05) is 19.9 Å². The Morgan fingerprint density at radius 3 is 2.74 bits per heavy atom. The molecular weight excluding hydrogens is 260 g/mol. The largest absolute Gasteiger partial charge is 0.399 e. The molecular formula is C14H22N2O2S. The Labute approximate surface area is 115 Å². The summed E-state index contributed by atoms with van der Waals surface area (Å²) >= 11 is 0. The molecule has 0 radical (unpaired) electrons. The lowest BCUT2D eigenvalue weighted by atomic mass is 10.2. The molecule has 1 aromatic carbocycles. The highest BCUT2D eigenvalue weighted by Crippen LogP contribution is 2.30. The lowest BCUT2D eigenvalue weighted by Crippen LogP contribution is -2.40. The van der Waals surface area contributed by atoms with Crippen LogP contribution in [0.15, 0.2) is 24.3 Å². The number of benzene rings is 1. The van der Waals surface area contributed by atoms with Gasteiger partial charge in [-0.15, -0.1) is 0 Å². The zero-order valence-corrected chi connectivity index (χ0v) is 12.4. The standard InChI is InChI=1S/C14H22N2O2S/c1-3-14-8-7-11(2)16(14)19(17,18)10-12-5-4-6-13(15)9-12/h4-6,9,11,14H,3,7-8,10,15H2,1-2H3. The Bertz CT molecular complexity index is 542. The summed E-state index contributed by atoms with van der Waals surface area (Å²) in [5, 5.41) is 0. The SMILES string of the molecule is CCC1CCC(C)N1S(=O)(=O)Cc1cccc(N)c1. The van der Waals surface area contributed by atoms with Gasteiger partial charge in [0, 0.05) is 17.8 Å². The van der Waals surface area contributed by atoms with Gasteiger partial charge in [-0.05, 0) is 43.9 Å². The second-order valence-electron chi connectivity index (χ2n) is 5.32. The zero-order chi connectivity index (χ0) is 14.0. The molecule has 2 N–H and O–H groups in total. The maximum absolute atomic E-state index is 12.6. The number of nitrogen functional groups attached to an aromatic ring is 1. The van der Waals surface area contributed by atoms with Crippen molar-refractivity contribution in [1.82, 2.24) is 4.31 Å². The molecule has 0 spiro atoms. The normalized spacial score (nSPS) is 24.7. The van der Waals surface area contributed by atoms with E-state index in [0.717, 1.165) is 24.8 Å². The summed E-state index contributed by atoms with van der Waals surface area (Å²) in [4.78, 5) is 0. The van der Waals surface area contributed by atoms with Crippen LogP contribution in [0.4, 0.5) is 5.69 Å². The minimum Gasteiger partial charge on any atom is -0.399 e. The van der Waals surface area contributed by atoms with Crippen LogP contribution in [0.5, 0.6) is 0 Å². The molecule has 2 atom stereocenters. The van der Waals surface area contributed by atoms with Gasteiger partial charge in [0.2, 0.25) is 10.0 Å². The molecule has 1 aliphatic rings. The lowest BCUT2D eigenvalue weighted by Gasteiger charge is -2.27. The highest BCUT2D eigenvalue weighted by Gasteiger charge is 2.37. The molecule has 106 valence electrons. The predicted octanol–water partition coefficient (Wildman–Crippen LogP) is 2.36. The van der Waals surface area contributed by atoms with E-state index < -0.39 is 10.0 Å². The summed E-state index contributed by atoms with van der Waals surface area (Å²) in [6, 6.07) is 7.38. The molecule has 1 saturated heterocycles. The summed E-state index contributed by atoms with van der Waals surface area (Å²) < 4.78 is 26.9. The second kappa shape index (κ2) is 5.51. The molecule has 19 heavy (non-hydrogen) atoms. The highest BCUT2D eigenvalue weighted by atomic mass is 32.2. The van der Waals surface area contributed by atoms with Gasteiger partial charge >= 0.3 is 0 Å². The maximum atomic E-state index is 12.6. The predicted molar refractivity (Wildman–Crippen MR) is 78.1 cm³/mol. The molecule has 2 unspecified atom stereocenters. The van der Waals surface area contributed by atoms with Crippen molar-refractivity contribution in [3.8, 4) is 0 Å². The van der Waals surface area contributed by atoms with Crippen LogP contribution in [0.2, 0.25) is 0 Å². The Morgan fingerprint density at radius 2 is 2.11 bits per heavy atom. The van der Waals surface area contributed by atoms with E-state index in [-0.39, 0.29) is 17.8 Å². The third-order valence-corrected chi connectivity index (χ3v) is 5.80. The van der Waals surface area contributed by atoms with E-state index in [2.05, 4.69) is 0 Å². The molecule has 1 aliphatic heterocycles. The Morgan fingerprint density at radius 1 is 1.37 bits per heavy atom. The molecule has 1 fully saturated rings. The first kappa shape index (κ1) is 14.3. The topological polar surface area (TPSA) is 63.4 Å². The van der Waals surface area contributed by atoms with Crippen LogP contribution in [0.3, 0.4) is 0 Å². The molecule has 1 heterocycles. The van der Waals surface area contributed by atoms with E-state index in [0.29, 0.717) is 5.69 Å². The third kappa shape index (κ3) is 3.09. The number of sulfonamides is 1. The number of nitrogens with two attached hydrogens (primary N) is 1. The third-order valence-electron chi connectivity index (χ3n) is 3.80. The van der Waals surface area contributed by atoms with Crippen LogP contribution < -0.4 is 5.73 Å². The zero-order valence-electron chi connectivity index (χ0n) is 11.5. The van der Waals surface area contributed by atoms with Gasteiger partial charge < -0.3 is 5.73 Å². The van der Waals surface area contributed by atoms with Gasteiger partial charge in [-0.3, -0.25) is 0 Å². The monoisotopic (exact) mass is 282 g/mol. The smallest absolute Gasteiger partial charge is 0.218 e. The van der Waals surface area contributed by atoms with Crippen LogP contribution in [0.25, 0.3) is 0 Å². The van der Waals surface area contributed by atoms with Gasteiger partial charge in [0.15, 0.2) is 0 Å². The van der Waals surface area contributed by atoms with Crippen LogP contribution >= 0.6 is 0 Å². The average Bonchev–Trinajstić information content (AvgIpc) is 2.70. The van der Waals surface area contributed by atoms with Gasteiger partial charge in [-0.2, -0.15) is 4.31 Å². The van der Waals surface area contributed by atoms with Crippen LogP contribution in [0.1, 0.15) is 38.7 Å². The lowest BCUT2D eigenvalue weighted by molar-refractivity contribution is 0.328. The Hall–Kier alpha value is -1.07. The number of nitrogens with zero attached hydrogens (tertiary/aromatic N) is 1. The quantitative estimate of drug-likeness (QED) is 0.862. The molecule has 0 amide bonds. The van der Waals surface area contributed by atoms with Crippen molar-refractivity contribution in [3.05, 3.63) is 29.8 Å². The van der Waals surface area contributed by atoms with Gasteiger partial charge in [0.1, 0.15) is 0 Å². The summed E-state index contributed by atoms with van der Waals surface area (Å²) in [7, 11) is -3.26. The number of hydrogen-bond donors (Lipinski definition) is 1. The molecule has 0 aromatic heterocycles. The minimum absolute atomic E-state index is 0.0406. The van der Waals surface area contributed by atoms with E-state index >= 15 is 0 Å². The van der Waals surface area contributed by atoms with Crippen molar-refractivity contribution in [3.63, 3.8) is 0 Å². The summed E-state index contributed by atoms with van der Waals surface area (Å²) in [5.41, 5.74) is 7.07. The molecule has 0 bridgehead atoms. The Balaban J connectivity index is 2.22. The van der Waals surface area contributed by atoms with Crippen LogP contribution in [-0.4, -0.2) is 24.8 Å². The van der Waals surface area contributed by atoms with Crippen LogP contribution in [-0.2, 0) is 15.8 Å². The van der Waals surface area contributed by atoms with E-state index in [1.54, 1.807) is 22.5 Å². The van der Waals surface area contributed by atoms with E-state index in [4.69, 9.17) is 5.73 Å². The van der Waals surface area contributed by atoms with Crippen molar-refractivity contribution < 1.29 is 8.42 Å². The minimum atomic E-state index is -3.26. The van der Waals surface area contributed by atoms with Crippen molar-refractivity contribution in [2.75, 3.05) is 5.73 Å². The van der Waals surface area contributed by atoms with Gasteiger partial charge in [0.05, 0.1) is 5.75 Å². The highest BCUT2D eigenvalue weighted by molar-refractivity contribution is 7.88. The number of anilines is 1. The number of hydrogen-bond acceptors (Lipinski definition) is 3. The fourth-order valence-corrected chi connectivity index (χ4v) is 5.01. The first-order valence-electron chi connectivity index (χ1n) is 6.79. The molecule has 0 saturated carbocycles. The summed E-state index contributed by atoms with van der Waals surface area (Å²) in [6.07, 6.45) is 2.79. The fraction of sp³-hybridized carbons (Fsp3) is 0.571. The van der Waals surface area contributed by atoms with E-state index in [1.165, 1.54) is 0 Å². The first-order chi connectivity index (χ1) is 8.94. The first-order valence-corrected chi connectivity index (χ1v) is 8.40. The molecule has 2 rings (SSSR count). The molecule has 0 aliphatic carbocycles. The van der Waals surface area contributed by atoms with Crippen molar-refractivity contribution in [1.29, 1.82) is 0 Å². The van der Waals surface area contributed by atoms with E-state index in [9.17, 15) is 8.42 Å². The summed E-state index contributed by atoms with van der Waals surface area (Å²) in [6.45, 7) is 4.04. The summed E-state index contributed by atoms with van der Waals surface area (Å²) in [5.74, 6) is 0.0406. The molecule has 1 aromatic rings.